The Bertz CT molecular complexity index is 1620. The van der Waals surface area contributed by atoms with Crippen LogP contribution in [0.1, 0.15) is 336 Å². The highest BCUT2D eigenvalue weighted by molar-refractivity contribution is 7.47. The molecule has 19 heteroatoms. The number of esters is 4. The van der Waals surface area contributed by atoms with Gasteiger partial charge in [-0.25, -0.2) is 9.13 Å². The van der Waals surface area contributed by atoms with Crippen LogP contribution >= 0.6 is 15.6 Å². The summed E-state index contributed by atoms with van der Waals surface area (Å²) in [5, 5.41) is 10.5. The van der Waals surface area contributed by atoms with Gasteiger partial charge in [-0.15, -0.1) is 0 Å². The van der Waals surface area contributed by atoms with Crippen molar-refractivity contribution < 1.29 is 80.2 Å². The first-order chi connectivity index (χ1) is 40.7. The Labute approximate surface area is 511 Å². The van der Waals surface area contributed by atoms with Crippen LogP contribution in [0.3, 0.4) is 0 Å². The molecule has 0 amide bonds. The molecule has 0 radical (unpaired) electrons. The molecular weight excluding hydrogens is 1110 g/mol. The van der Waals surface area contributed by atoms with Crippen LogP contribution in [0.2, 0.25) is 0 Å². The number of phosphoric acid groups is 2. The fourth-order valence-corrected chi connectivity index (χ4v) is 11.4. The van der Waals surface area contributed by atoms with E-state index >= 15 is 0 Å². The van der Waals surface area contributed by atoms with Gasteiger partial charge in [0.15, 0.2) is 12.2 Å². The van der Waals surface area contributed by atoms with Crippen LogP contribution in [-0.2, 0) is 65.4 Å². The Morgan fingerprint density at radius 2 is 0.476 bits per heavy atom. The number of ether oxygens (including phenoxy) is 4. The number of aliphatic hydroxyl groups excluding tert-OH is 1. The third-order valence-corrected chi connectivity index (χ3v) is 17.0. The predicted octanol–water partition coefficient (Wildman–Crippen LogP) is 18.3. The van der Waals surface area contributed by atoms with E-state index < -0.39 is 97.5 Å². The van der Waals surface area contributed by atoms with Crippen molar-refractivity contribution in [2.24, 2.45) is 0 Å². The van der Waals surface area contributed by atoms with Crippen molar-refractivity contribution in [1.29, 1.82) is 0 Å². The molecule has 0 bridgehead atoms. The first-order valence-electron chi connectivity index (χ1n) is 34.3. The minimum absolute atomic E-state index is 0.107. The quantitative estimate of drug-likeness (QED) is 0.0222. The topological polar surface area (TPSA) is 237 Å². The summed E-state index contributed by atoms with van der Waals surface area (Å²) >= 11 is 0. The molecule has 0 spiro atoms. The summed E-state index contributed by atoms with van der Waals surface area (Å²) < 4.78 is 68.0. The van der Waals surface area contributed by atoms with E-state index in [1.165, 1.54) is 154 Å². The number of phosphoric ester groups is 2. The second kappa shape index (κ2) is 60.0. The third-order valence-electron chi connectivity index (χ3n) is 15.1. The summed E-state index contributed by atoms with van der Waals surface area (Å²) in [7, 11) is -9.88. The van der Waals surface area contributed by atoms with Crippen molar-refractivity contribution in [3.05, 3.63) is 0 Å². The molecule has 0 fully saturated rings. The Morgan fingerprint density at radius 1 is 0.286 bits per heavy atom. The van der Waals surface area contributed by atoms with Crippen LogP contribution in [-0.4, -0.2) is 96.7 Å². The number of hydrogen-bond donors (Lipinski definition) is 3. The SMILES string of the molecule is CCCCCCCCCCCCCCCC(=O)O[C@H](COC(=O)CCCCCCCCCCCCCC)COP(=O)(O)OC[C@@H](O)COP(=O)(O)OC[C@@H](COC(=O)CCCCCCCCC)OC(=O)CCCCCCCCCCCCCC. The first-order valence-corrected chi connectivity index (χ1v) is 37.3. The van der Waals surface area contributed by atoms with Gasteiger partial charge in [0.25, 0.3) is 0 Å². The molecule has 0 heterocycles. The smallest absolute Gasteiger partial charge is 0.462 e. The molecular formula is C65H126O17P2. The van der Waals surface area contributed by atoms with Crippen molar-refractivity contribution in [2.45, 2.75) is 354 Å². The van der Waals surface area contributed by atoms with Crippen LogP contribution in [0.4, 0.5) is 0 Å². The van der Waals surface area contributed by atoms with Gasteiger partial charge in [0.2, 0.25) is 0 Å². The summed E-state index contributed by atoms with van der Waals surface area (Å²) in [6.07, 6.45) is 45.7. The van der Waals surface area contributed by atoms with Crippen LogP contribution in [0.5, 0.6) is 0 Å². The van der Waals surface area contributed by atoms with Crippen LogP contribution in [0.15, 0.2) is 0 Å². The van der Waals surface area contributed by atoms with Crippen molar-refractivity contribution in [3.8, 4) is 0 Å². The standard InChI is InChI=1S/C65H126O17P2/c1-5-9-13-17-21-24-27-30-33-36-40-44-48-52-65(70)82-61(56-76-63(68)50-46-42-38-34-31-28-25-22-18-14-10-6-2)58-80-84(73,74)78-54-59(66)53-77-83(71,72)79-57-60(55-75-62(67)49-45-41-37-20-16-12-8-4)81-64(69)51-47-43-39-35-32-29-26-23-19-15-11-7-3/h59-61,66H,5-58H2,1-4H3,(H,71,72)(H,73,74)/t59-,60+,61+/m0/s1. The lowest BCUT2D eigenvalue weighted by molar-refractivity contribution is -0.161. The summed E-state index contributed by atoms with van der Waals surface area (Å²) in [6, 6.07) is 0. The van der Waals surface area contributed by atoms with Gasteiger partial charge in [-0.2, -0.15) is 0 Å². The maximum Gasteiger partial charge on any atom is 0.472 e. The van der Waals surface area contributed by atoms with Gasteiger partial charge in [0, 0.05) is 25.7 Å². The monoisotopic (exact) mass is 1240 g/mol. The van der Waals surface area contributed by atoms with Gasteiger partial charge in [-0.1, -0.05) is 285 Å². The number of carbonyl (C=O) groups is 4. The lowest BCUT2D eigenvalue weighted by Gasteiger charge is -2.21. The van der Waals surface area contributed by atoms with Gasteiger partial charge in [0.05, 0.1) is 26.4 Å². The molecule has 0 saturated carbocycles. The van der Waals surface area contributed by atoms with Crippen LogP contribution < -0.4 is 0 Å². The maximum absolute atomic E-state index is 13.0. The average Bonchev–Trinajstić information content (AvgIpc) is 3.49. The summed E-state index contributed by atoms with van der Waals surface area (Å²) in [5.41, 5.74) is 0. The zero-order valence-corrected chi connectivity index (χ0v) is 55.7. The van der Waals surface area contributed by atoms with Crippen molar-refractivity contribution in [3.63, 3.8) is 0 Å². The zero-order chi connectivity index (χ0) is 61.9. The van der Waals surface area contributed by atoms with E-state index in [-0.39, 0.29) is 25.7 Å². The van der Waals surface area contributed by atoms with Gasteiger partial charge >= 0.3 is 39.5 Å². The molecule has 0 saturated heterocycles. The highest BCUT2D eigenvalue weighted by Gasteiger charge is 2.30. The summed E-state index contributed by atoms with van der Waals surface area (Å²) in [6.45, 7) is 4.87. The summed E-state index contributed by atoms with van der Waals surface area (Å²) in [5.74, 6) is -2.13. The second-order valence-electron chi connectivity index (χ2n) is 23.5. The third kappa shape index (κ3) is 59.0. The first kappa shape index (κ1) is 82.1. The molecule has 0 aromatic rings. The van der Waals surface area contributed by atoms with E-state index in [4.69, 9.17) is 37.0 Å². The molecule has 5 atom stereocenters. The maximum atomic E-state index is 13.0. The predicted molar refractivity (Wildman–Crippen MR) is 335 cm³/mol. The second-order valence-corrected chi connectivity index (χ2v) is 26.4. The Hall–Kier alpha value is -1.94. The zero-order valence-electron chi connectivity index (χ0n) is 53.9. The Morgan fingerprint density at radius 3 is 0.702 bits per heavy atom. The van der Waals surface area contributed by atoms with Gasteiger partial charge < -0.3 is 33.8 Å². The summed E-state index contributed by atoms with van der Waals surface area (Å²) in [4.78, 5) is 72.2. The number of rotatable bonds is 66. The molecule has 84 heavy (non-hydrogen) atoms. The molecule has 17 nitrogen and oxygen atoms in total. The molecule has 0 rings (SSSR count). The van der Waals surface area contributed by atoms with Crippen LogP contribution in [0.25, 0.3) is 0 Å². The van der Waals surface area contributed by atoms with E-state index in [9.17, 15) is 43.2 Å². The fourth-order valence-electron chi connectivity index (χ4n) is 9.81. The highest BCUT2D eigenvalue weighted by atomic mass is 31.2. The van der Waals surface area contributed by atoms with Crippen LogP contribution in [0, 0.1) is 0 Å². The number of unbranched alkanes of at least 4 members (excludes halogenated alkanes) is 40. The highest BCUT2D eigenvalue weighted by Crippen LogP contribution is 2.45. The largest absolute Gasteiger partial charge is 0.472 e. The average molecular weight is 1240 g/mol. The molecule has 498 valence electrons. The Balaban J connectivity index is 5.21. The van der Waals surface area contributed by atoms with E-state index in [2.05, 4.69) is 27.7 Å². The Kier molecular flexibility index (Phi) is 58.6. The van der Waals surface area contributed by atoms with Gasteiger partial charge in [-0.05, 0) is 25.7 Å². The van der Waals surface area contributed by atoms with E-state index in [1.807, 2.05) is 0 Å². The van der Waals surface area contributed by atoms with E-state index in [0.29, 0.717) is 25.7 Å². The molecule has 0 aliphatic carbocycles. The lowest BCUT2D eigenvalue weighted by atomic mass is 10.0. The molecule has 0 aromatic heterocycles. The van der Waals surface area contributed by atoms with Gasteiger partial charge in [-0.3, -0.25) is 37.3 Å². The number of hydrogen-bond acceptors (Lipinski definition) is 15. The molecule has 0 aliphatic rings. The van der Waals surface area contributed by atoms with E-state index in [0.717, 1.165) is 103 Å². The molecule has 2 unspecified atom stereocenters. The molecule has 3 N–H and O–H groups in total. The minimum Gasteiger partial charge on any atom is -0.462 e. The normalized spacial score (nSPS) is 14.1. The molecule has 0 aromatic carbocycles. The number of aliphatic hydroxyl groups is 1. The van der Waals surface area contributed by atoms with Gasteiger partial charge in [0.1, 0.15) is 19.3 Å². The lowest BCUT2D eigenvalue weighted by Crippen LogP contribution is -2.30. The van der Waals surface area contributed by atoms with Crippen molar-refractivity contribution in [2.75, 3.05) is 39.6 Å². The minimum atomic E-state index is -4.94. The van der Waals surface area contributed by atoms with E-state index in [1.54, 1.807) is 0 Å². The van der Waals surface area contributed by atoms with Crippen molar-refractivity contribution in [1.82, 2.24) is 0 Å². The number of carbonyl (C=O) groups excluding carboxylic acids is 4. The van der Waals surface area contributed by atoms with Crippen molar-refractivity contribution >= 4 is 39.5 Å². The fraction of sp³-hybridized carbons (Fsp3) is 0.938. The molecule has 0 aliphatic heterocycles.